The van der Waals surface area contributed by atoms with Gasteiger partial charge in [-0.25, -0.2) is 4.98 Å². The van der Waals surface area contributed by atoms with Crippen molar-refractivity contribution in [2.75, 3.05) is 19.8 Å². The van der Waals surface area contributed by atoms with E-state index in [0.29, 0.717) is 0 Å². The third kappa shape index (κ3) is 3.75. The molecule has 0 aromatic carbocycles. The average Bonchev–Trinajstić information content (AvgIpc) is 2.86. The Hall–Kier alpha value is -0.490. The number of hydrogen-bond acceptors (Lipinski definition) is 5. The molecule has 0 saturated carbocycles. The summed E-state index contributed by atoms with van der Waals surface area (Å²) < 4.78 is 5.36. The van der Waals surface area contributed by atoms with Gasteiger partial charge in [0.2, 0.25) is 0 Å². The van der Waals surface area contributed by atoms with E-state index in [1.54, 1.807) is 11.3 Å². The number of aliphatic hydroxyl groups is 1. The van der Waals surface area contributed by atoms with Gasteiger partial charge in [-0.3, -0.25) is 0 Å². The first kappa shape index (κ1) is 14.9. The smallest absolute Gasteiger partial charge is 0.107 e. The first-order chi connectivity index (χ1) is 8.95. The Morgan fingerprint density at radius 3 is 2.63 bits per heavy atom. The lowest BCUT2D eigenvalue weighted by atomic mass is 9.91. The van der Waals surface area contributed by atoms with Gasteiger partial charge in [-0.2, -0.15) is 0 Å². The molecular weight excluding hydrogens is 260 g/mol. The van der Waals surface area contributed by atoms with Gasteiger partial charge < -0.3 is 15.2 Å². The van der Waals surface area contributed by atoms with Gasteiger partial charge >= 0.3 is 0 Å². The predicted octanol–water partition coefficient (Wildman–Crippen LogP) is 2.07. The third-order valence-electron chi connectivity index (χ3n) is 3.69. The van der Waals surface area contributed by atoms with Crippen molar-refractivity contribution in [3.05, 3.63) is 16.1 Å². The molecule has 1 saturated heterocycles. The van der Waals surface area contributed by atoms with Crippen LogP contribution < -0.4 is 5.32 Å². The van der Waals surface area contributed by atoms with Crippen molar-refractivity contribution in [2.24, 2.45) is 0 Å². The zero-order valence-corrected chi connectivity index (χ0v) is 12.8. The van der Waals surface area contributed by atoms with Gasteiger partial charge in [-0.15, -0.1) is 11.3 Å². The van der Waals surface area contributed by atoms with Crippen LogP contribution in [-0.4, -0.2) is 35.5 Å². The maximum Gasteiger partial charge on any atom is 0.107 e. The summed E-state index contributed by atoms with van der Waals surface area (Å²) in [6, 6.07) is 0. The second-order valence-corrected chi connectivity index (χ2v) is 7.22. The number of thiazole rings is 1. The number of nitrogens with zero attached hydrogens (tertiary/aromatic N) is 1. The highest BCUT2D eigenvalue weighted by molar-refractivity contribution is 7.09. The molecule has 0 atom stereocenters. The van der Waals surface area contributed by atoms with Crippen molar-refractivity contribution < 1.29 is 9.84 Å². The molecule has 2 heterocycles. The molecule has 19 heavy (non-hydrogen) atoms. The minimum absolute atomic E-state index is 0.0993. The molecule has 108 valence electrons. The standard InChI is InChI=1S/C14H24N2O2S/c1-13(2,3)11-9-19-12(16-11)8-15-14(10-17)4-6-18-7-5-14/h9,15,17H,4-8,10H2,1-3H3. The summed E-state index contributed by atoms with van der Waals surface area (Å²) in [6.45, 7) is 8.85. The van der Waals surface area contributed by atoms with Crippen molar-refractivity contribution in [3.8, 4) is 0 Å². The fourth-order valence-electron chi connectivity index (χ4n) is 2.15. The highest BCUT2D eigenvalue weighted by Gasteiger charge is 2.31. The summed E-state index contributed by atoms with van der Waals surface area (Å²) in [5.41, 5.74) is 1.05. The monoisotopic (exact) mass is 284 g/mol. The molecule has 1 aromatic rings. The van der Waals surface area contributed by atoms with Gasteiger partial charge in [0.25, 0.3) is 0 Å². The second kappa shape index (κ2) is 5.87. The van der Waals surface area contributed by atoms with Gasteiger partial charge in [0.1, 0.15) is 5.01 Å². The Morgan fingerprint density at radius 2 is 2.11 bits per heavy atom. The molecule has 0 bridgehead atoms. The minimum Gasteiger partial charge on any atom is -0.394 e. The predicted molar refractivity (Wildman–Crippen MR) is 77.5 cm³/mol. The van der Waals surface area contributed by atoms with Crippen LogP contribution in [0.1, 0.15) is 44.3 Å². The van der Waals surface area contributed by atoms with Gasteiger partial charge in [-0.1, -0.05) is 20.8 Å². The number of aliphatic hydroxyl groups excluding tert-OH is 1. The van der Waals surface area contributed by atoms with E-state index in [1.165, 1.54) is 0 Å². The van der Waals surface area contributed by atoms with Crippen LogP contribution >= 0.6 is 11.3 Å². The van der Waals surface area contributed by atoms with Gasteiger partial charge in [0.15, 0.2) is 0 Å². The van der Waals surface area contributed by atoms with Crippen molar-refractivity contribution in [3.63, 3.8) is 0 Å². The molecule has 2 rings (SSSR count). The van der Waals surface area contributed by atoms with Crippen LogP contribution in [0.25, 0.3) is 0 Å². The van der Waals surface area contributed by atoms with E-state index in [1.807, 2.05) is 0 Å². The second-order valence-electron chi connectivity index (χ2n) is 6.28. The van der Waals surface area contributed by atoms with E-state index in [0.717, 1.165) is 43.3 Å². The summed E-state index contributed by atoms with van der Waals surface area (Å²) in [5, 5.41) is 16.3. The number of rotatable bonds is 4. The topological polar surface area (TPSA) is 54.4 Å². The molecule has 1 aliphatic heterocycles. The summed E-state index contributed by atoms with van der Waals surface area (Å²) in [5.74, 6) is 0. The van der Waals surface area contributed by atoms with Crippen molar-refractivity contribution in [1.82, 2.24) is 10.3 Å². The number of aromatic nitrogens is 1. The summed E-state index contributed by atoms with van der Waals surface area (Å²) in [4.78, 5) is 4.67. The Balaban J connectivity index is 1.96. The molecule has 5 heteroatoms. The van der Waals surface area contributed by atoms with Crippen LogP contribution in [-0.2, 0) is 16.7 Å². The highest BCUT2D eigenvalue weighted by Crippen LogP contribution is 2.25. The first-order valence-corrected chi connectivity index (χ1v) is 7.72. The zero-order valence-electron chi connectivity index (χ0n) is 12.0. The van der Waals surface area contributed by atoms with Gasteiger partial charge in [-0.05, 0) is 12.8 Å². The fourth-order valence-corrected chi connectivity index (χ4v) is 3.11. The van der Waals surface area contributed by atoms with Crippen LogP contribution in [0.5, 0.6) is 0 Å². The lowest BCUT2D eigenvalue weighted by molar-refractivity contribution is 0.0111. The largest absolute Gasteiger partial charge is 0.394 e. The van der Waals surface area contributed by atoms with Crippen molar-refractivity contribution >= 4 is 11.3 Å². The normalized spacial score (nSPS) is 19.6. The molecule has 1 aromatic heterocycles. The van der Waals surface area contributed by atoms with Crippen molar-refractivity contribution in [2.45, 2.75) is 51.1 Å². The van der Waals surface area contributed by atoms with E-state index < -0.39 is 0 Å². The molecular formula is C14H24N2O2S. The van der Waals surface area contributed by atoms with E-state index in [4.69, 9.17) is 4.74 Å². The molecule has 0 spiro atoms. The Morgan fingerprint density at radius 1 is 1.42 bits per heavy atom. The number of nitrogens with one attached hydrogen (secondary N) is 1. The van der Waals surface area contributed by atoms with Gasteiger partial charge in [0.05, 0.1) is 12.3 Å². The maximum absolute atomic E-state index is 9.62. The fraction of sp³-hybridized carbons (Fsp3) is 0.786. The van der Waals surface area contributed by atoms with Crippen molar-refractivity contribution in [1.29, 1.82) is 0 Å². The quantitative estimate of drug-likeness (QED) is 0.889. The lowest BCUT2D eigenvalue weighted by Crippen LogP contribution is -2.51. The molecule has 0 amide bonds. The number of ether oxygens (including phenoxy) is 1. The van der Waals surface area contributed by atoms with E-state index >= 15 is 0 Å². The molecule has 0 aliphatic carbocycles. The van der Waals surface area contributed by atoms with Crippen LogP contribution in [0.4, 0.5) is 0 Å². The highest BCUT2D eigenvalue weighted by atomic mass is 32.1. The molecule has 2 N–H and O–H groups in total. The van der Waals surface area contributed by atoms with E-state index in [9.17, 15) is 5.11 Å². The maximum atomic E-state index is 9.62. The van der Waals surface area contributed by atoms with Gasteiger partial charge in [0, 0.05) is 36.1 Å². The minimum atomic E-state index is -0.189. The SMILES string of the molecule is CC(C)(C)c1csc(CNC2(CO)CCOCC2)n1. The van der Waals surface area contributed by atoms with Crippen LogP contribution in [0.2, 0.25) is 0 Å². The van der Waals surface area contributed by atoms with E-state index in [2.05, 4.69) is 36.5 Å². The Labute approximate surface area is 119 Å². The van der Waals surface area contributed by atoms with Crippen LogP contribution in [0.3, 0.4) is 0 Å². The summed E-state index contributed by atoms with van der Waals surface area (Å²) in [6.07, 6.45) is 1.72. The molecule has 1 fully saturated rings. The van der Waals surface area contributed by atoms with Crippen LogP contribution in [0, 0.1) is 0 Å². The summed E-state index contributed by atoms with van der Waals surface area (Å²) in [7, 11) is 0. The summed E-state index contributed by atoms with van der Waals surface area (Å²) >= 11 is 1.69. The average molecular weight is 284 g/mol. The Bertz CT molecular complexity index is 406. The zero-order chi connectivity index (χ0) is 13.9. The molecule has 1 aliphatic rings. The lowest BCUT2D eigenvalue weighted by Gasteiger charge is -2.36. The first-order valence-electron chi connectivity index (χ1n) is 6.84. The Kier molecular flexibility index (Phi) is 4.61. The number of hydrogen-bond donors (Lipinski definition) is 2. The molecule has 4 nitrogen and oxygen atoms in total. The third-order valence-corrected chi connectivity index (χ3v) is 4.54. The van der Waals surface area contributed by atoms with E-state index in [-0.39, 0.29) is 17.6 Å². The molecule has 0 radical (unpaired) electrons. The molecule has 0 unspecified atom stereocenters. The van der Waals surface area contributed by atoms with Crippen LogP contribution in [0.15, 0.2) is 5.38 Å².